The topological polar surface area (TPSA) is 29.5 Å². The number of ether oxygens (including phenoxy) is 1. The summed E-state index contributed by atoms with van der Waals surface area (Å²) in [5.74, 6) is 0.533. The molecule has 0 bridgehead atoms. The highest BCUT2D eigenvalue weighted by molar-refractivity contribution is 6.17. The van der Waals surface area contributed by atoms with Crippen molar-refractivity contribution < 1.29 is 9.84 Å². The molecule has 0 heterocycles. The molecule has 50 valence electrons. The Morgan fingerprint density at radius 3 is 2.62 bits per heavy atom. The molecular weight excluding hydrogens is 128 g/mol. The van der Waals surface area contributed by atoms with Gasteiger partial charge in [0.05, 0.1) is 6.61 Å². The third-order valence-corrected chi connectivity index (χ3v) is 0.823. The lowest BCUT2D eigenvalue weighted by atomic mass is 10.5. The molecule has 0 amide bonds. The molecule has 1 N–H and O–H groups in total. The van der Waals surface area contributed by atoms with Crippen LogP contribution in [0.2, 0.25) is 0 Å². The Labute approximate surface area is 54.4 Å². The van der Waals surface area contributed by atoms with Crippen LogP contribution in [0, 0.1) is 0 Å². The fourth-order valence-corrected chi connectivity index (χ4v) is 0.432. The molecule has 0 aliphatic rings. The van der Waals surface area contributed by atoms with Gasteiger partial charge >= 0.3 is 0 Å². The monoisotopic (exact) mass is 138 g/mol. The third-order valence-electron chi connectivity index (χ3n) is 0.668. The van der Waals surface area contributed by atoms with Crippen molar-refractivity contribution in [1.82, 2.24) is 0 Å². The van der Waals surface area contributed by atoms with E-state index >= 15 is 0 Å². The highest BCUT2D eigenvalue weighted by atomic mass is 35.5. The molecule has 0 unspecified atom stereocenters. The summed E-state index contributed by atoms with van der Waals surface area (Å²) >= 11 is 5.29. The van der Waals surface area contributed by atoms with E-state index in [-0.39, 0.29) is 6.61 Å². The summed E-state index contributed by atoms with van der Waals surface area (Å²) in [7, 11) is 0. The molecular formula is C5H11ClO2. The fraction of sp³-hybridized carbons (Fsp3) is 1.00. The number of aliphatic hydroxyl groups excluding tert-OH is 1. The summed E-state index contributed by atoms with van der Waals surface area (Å²) in [6.07, 6.45) is 0.705. The van der Waals surface area contributed by atoms with Crippen LogP contribution in [0.4, 0.5) is 0 Å². The molecule has 8 heavy (non-hydrogen) atoms. The Hall–Kier alpha value is 0.210. The molecule has 0 radical (unpaired) electrons. The maximum Gasteiger partial charge on any atom is 0.0601 e. The number of rotatable bonds is 5. The van der Waals surface area contributed by atoms with Crippen LogP contribution >= 0.6 is 11.6 Å². The van der Waals surface area contributed by atoms with Crippen molar-refractivity contribution in [3.05, 3.63) is 0 Å². The molecule has 0 spiro atoms. The first-order chi connectivity index (χ1) is 3.91. The average molecular weight is 139 g/mol. The van der Waals surface area contributed by atoms with Gasteiger partial charge in [-0.1, -0.05) is 0 Å². The van der Waals surface area contributed by atoms with Crippen molar-refractivity contribution in [1.29, 1.82) is 0 Å². The van der Waals surface area contributed by atoms with E-state index in [1.807, 2.05) is 0 Å². The van der Waals surface area contributed by atoms with Gasteiger partial charge in [0.1, 0.15) is 0 Å². The van der Waals surface area contributed by atoms with Gasteiger partial charge in [-0.2, -0.15) is 0 Å². The first-order valence-electron chi connectivity index (χ1n) is 2.66. The Morgan fingerprint density at radius 2 is 2.12 bits per heavy atom. The van der Waals surface area contributed by atoms with Crippen LogP contribution in [0.3, 0.4) is 0 Å². The summed E-state index contributed by atoms with van der Waals surface area (Å²) in [5, 5.41) is 8.25. The second-order valence-electron chi connectivity index (χ2n) is 1.38. The first kappa shape index (κ1) is 8.21. The van der Waals surface area contributed by atoms with E-state index in [0.717, 1.165) is 0 Å². The molecule has 0 aromatic heterocycles. The normalized spacial score (nSPS) is 9.75. The van der Waals surface area contributed by atoms with E-state index in [1.54, 1.807) is 0 Å². The van der Waals surface area contributed by atoms with Gasteiger partial charge in [0.25, 0.3) is 0 Å². The Kier molecular flexibility index (Phi) is 7.40. The molecule has 0 fully saturated rings. The zero-order valence-electron chi connectivity index (χ0n) is 4.77. The zero-order chi connectivity index (χ0) is 6.24. The van der Waals surface area contributed by atoms with E-state index in [1.165, 1.54) is 0 Å². The van der Waals surface area contributed by atoms with Gasteiger partial charge in [0.15, 0.2) is 0 Å². The summed E-state index contributed by atoms with van der Waals surface area (Å²) in [5.41, 5.74) is 0. The summed E-state index contributed by atoms with van der Waals surface area (Å²) < 4.78 is 4.93. The minimum atomic E-state index is 0.197. The molecule has 0 aromatic rings. The van der Waals surface area contributed by atoms with Crippen LogP contribution in [0.1, 0.15) is 6.42 Å². The minimum absolute atomic E-state index is 0.197. The van der Waals surface area contributed by atoms with Crippen molar-refractivity contribution in [2.45, 2.75) is 6.42 Å². The van der Waals surface area contributed by atoms with E-state index < -0.39 is 0 Å². The summed E-state index contributed by atoms with van der Waals surface area (Å²) in [6, 6.07) is 0. The number of halogens is 1. The quantitative estimate of drug-likeness (QED) is 0.446. The average Bonchev–Trinajstić information content (AvgIpc) is 1.81. The first-order valence-corrected chi connectivity index (χ1v) is 3.20. The van der Waals surface area contributed by atoms with Crippen LogP contribution in [0.5, 0.6) is 0 Å². The van der Waals surface area contributed by atoms with Crippen LogP contribution in [-0.2, 0) is 4.74 Å². The minimum Gasteiger partial charge on any atom is -0.396 e. The second kappa shape index (κ2) is 7.21. The van der Waals surface area contributed by atoms with Crippen LogP contribution in [-0.4, -0.2) is 30.8 Å². The number of hydrogen-bond acceptors (Lipinski definition) is 2. The van der Waals surface area contributed by atoms with Crippen LogP contribution in [0.15, 0.2) is 0 Å². The molecule has 0 rings (SSSR count). The lowest BCUT2D eigenvalue weighted by Gasteiger charge is -1.96. The zero-order valence-corrected chi connectivity index (χ0v) is 5.52. The molecule has 3 heteroatoms. The van der Waals surface area contributed by atoms with Crippen molar-refractivity contribution in [2.75, 3.05) is 25.7 Å². The highest BCUT2D eigenvalue weighted by Crippen LogP contribution is 1.81. The maximum atomic E-state index is 8.25. The molecule has 2 nitrogen and oxygen atoms in total. The highest BCUT2D eigenvalue weighted by Gasteiger charge is 1.83. The van der Waals surface area contributed by atoms with Gasteiger partial charge in [-0.25, -0.2) is 0 Å². The van der Waals surface area contributed by atoms with Gasteiger partial charge in [-0.15, -0.1) is 11.6 Å². The predicted molar refractivity (Wildman–Crippen MR) is 33.2 cm³/mol. The molecule has 0 aliphatic carbocycles. The summed E-state index contributed by atoms with van der Waals surface area (Å²) in [6.45, 7) is 1.40. The van der Waals surface area contributed by atoms with Crippen molar-refractivity contribution in [2.24, 2.45) is 0 Å². The van der Waals surface area contributed by atoms with Crippen LogP contribution < -0.4 is 0 Å². The number of alkyl halides is 1. The molecule has 0 aromatic carbocycles. The largest absolute Gasteiger partial charge is 0.396 e. The van der Waals surface area contributed by atoms with E-state index in [0.29, 0.717) is 25.5 Å². The molecule has 0 atom stereocenters. The Morgan fingerprint density at radius 1 is 1.38 bits per heavy atom. The third kappa shape index (κ3) is 6.21. The Balaban J connectivity index is 2.53. The number of hydrogen-bond donors (Lipinski definition) is 1. The number of aliphatic hydroxyl groups is 1. The molecule has 0 aliphatic heterocycles. The standard InChI is InChI=1S/C5H11ClO2/c6-2-5-8-4-1-3-7/h7H,1-5H2. The van der Waals surface area contributed by atoms with E-state index in [9.17, 15) is 0 Å². The second-order valence-corrected chi connectivity index (χ2v) is 1.76. The lowest BCUT2D eigenvalue weighted by molar-refractivity contribution is 0.128. The van der Waals surface area contributed by atoms with Crippen LogP contribution in [0.25, 0.3) is 0 Å². The van der Waals surface area contributed by atoms with Gasteiger partial charge < -0.3 is 9.84 Å². The predicted octanol–water partition coefficient (Wildman–Crippen LogP) is 0.624. The smallest absolute Gasteiger partial charge is 0.0601 e. The van der Waals surface area contributed by atoms with E-state index in [4.69, 9.17) is 21.4 Å². The van der Waals surface area contributed by atoms with Gasteiger partial charge in [0, 0.05) is 19.1 Å². The molecule has 0 saturated heterocycles. The maximum absolute atomic E-state index is 8.25. The van der Waals surface area contributed by atoms with E-state index in [2.05, 4.69) is 0 Å². The molecule has 0 saturated carbocycles. The van der Waals surface area contributed by atoms with Crippen molar-refractivity contribution >= 4 is 11.6 Å². The summed E-state index contributed by atoms with van der Waals surface area (Å²) in [4.78, 5) is 0. The lowest BCUT2D eigenvalue weighted by Crippen LogP contribution is -1.99. The SMILES string of the molecule is OCCCOCCCl. The van der Waals surface area contributed by atoms with Gasteiger partial charge in [0.2, 0.25) is 0 Å². The Bertz CT molecular complexity index is 35.4. The van der Waals surface area contributed by atoms with Crippen molar-refractivity contribution in [3.63, 3.8) is 0 Å². The fourth-order valence-electron chi connectivity index (χ4n) is 0.323. The van der Waals surface area contributed by atoms with Gasteiger partial charge in [-0.05, 0) is 6.42 Å². The van der Waals surface area contributed by atoms with Gasteiger partial charge in [-0.3, -0.25) is 0 Å². The van der Waals surface area contributed by atoms with Crippen molar-refractivity contribution in [3.8, 4) is 0 Å².